The maximum Gasteiger partial charge on any atom is 0.259 e. The van der Waals surface area contributed by atoms with E-state index in [0.29, 0.717) is 30.1 Å². The van der Waals surface area contributed by atoms with Gasteiger partial charge in [-0.15, -0.1) is 0 Å². The molecule has 7 nitrogen and oxygen atoms in total. The molecule has 176 valence electrons. The van der Waals surface area contributed by atoms with Crippen LogP contribution in [0.15, 0.2) is 36.8 Å². The molecule has 0 aliphatic carbocycles. The van der Waals surface area contributed by atoms with Crippen molar-refractivity contribution >= 4 is 5.91 Å². The highest BCUT2D eigenvalue weighted by Crippen LogP contribution is 2.27. The molecule has 0 aromatic carbocycles. The average Bonchev–Trinajstić information content (AvgIpc) is 2.82. The molecular formula is C26H34N4O3. The van der Waals surface area contributed by atoms with Gasteiger partial charge in [0.25, 0.3) is 5.91 Å². The van der Waals surface area contributed by atoms with Gasteiger partial charge < -0.3 is 14.7 Å². The highest BCUT2D eigenvalue weighted by molar-refractivity contribution is 5.97. The predicted octanol–water partition coefficient (Wildman–Crippen LogP) is 2.98. The molecule has 33 heavy (non-hydrogen) atoms. The first kappa shape index (κ1) is 24.7. The van der Waals surface area contributed by atoms with Crippen molar-refractivity contribution in [3.05, 3.63) is 53.5 Å². The van der Waals surface area contributed by atoms with Gasteiger partial charge in [-0.25, -0.2) is 4.98 Å². The van der Waals surface area contributed by atoms with Crippen molar-refractivity contribution in [2.24, 2.45) is 5.92 Å². The normalized spacial score (nSPS) is 19.1. The van der Waals surface area contributed by atoms with Crippen molar-refractivity contribution in [2.75, 3.05) is 26.7 Å². The van der Waals surface area contributed by atoms with Gasteiger partial charge in [0, 0.05) is 56.1 Å². The Morgan fingerprint density at radius 3 is 2.82 bits per heavy atom. The first-order chi connectivity index (χ1) is 15.9. The number of rotatable bonds is 7. The number of carbonyl (C=O) groups is 1. The first-order valence-corrected chi connectivity index (χ1v) is 11.6. The monoisotopic (exact) mass is 450 g/mol. The smallest absolute Gasteiger partial charge is 0.259 e. The Hall–Kier alpha value is -2.95. The predicted molar refractivity (Wildman–Crippen MR) is 128 cm³/mol. The van der Waals surface area contributed by atoms with Gasteiger partial charge in [-0.05, 0) is 44.2 Å². The van der Waals surface area contributed by atoms with Gasteiger partial charge in [0.1, 0.15) is 11.7 Å². The van der Waals surface area contributed by atoms with Crippen LogP contribution in [0.25, 0.3) is 0 Å². The van der Waals surface area contributed by atoms with E-state index in [4.69, 9.17) is 4.74 Å². The average molecular weight is 451 g/mol. The van der Waals surface area contributed by atoms with Gasteiger partial charge in [-0.2, -0.15) is 0 Å². The summed E-state index contributed by atoms with van der Waals surface area (Å²) in [5.74, 6) is 6.37. The number of likely N-dealkylation sites (N-methyl/N-ethyl adjacent to an activating group) is 1. The van der Waals surface area contributed by atoms with E-state index in [9.17, 15) is 9.90 Å². The Morgan fingerprint density at radius 1 is 1.36 bits per heavy atom. The van der Waals surface area contributed by atoms with E-state index in [1.54, 1.807) is 29.6 Å². The third kappa shape index (κ3) is 6.53. The number of hydrogen-bond acceptors (Lipinski definition) is 6. The molecule has 1 N–H and O–H groups in total. The Kier molecular flexibility index (Phi) is 8.81. The molecule has 0 fully saturated rings. The van der Waals surface area contributed by atoms with E-state index in [-0.39, 0.29) is 30.6 Å². The standard InChI is InChI=1S/C26H34N4O3/c1-5-6-7-8-22-13-23-25(28-14-22)33-24(17-29(4)16-21-9-11-27-12-10-21)19(2)15-30(26(23)32)20(3)18-31/h9-14,19-20,24,31H,5-6,15-18H2,1-4H3/t19-,20-,24+/m1/s1. The second-order valence-electron chi connectivity index (χ2n) is 8.80. The molecule has 3 rings (SSSR count). The minimum atomic E-state index is -0.309. The number of amides is 1. The molecule has 1 aliphatic rings. The summed E-state index contributed by atoms with van der Waals surface area (Å²) in [6.07, 6.45) is 6.83. The van der Waals surface area contributed by atoms with Crippen LogP contribution in [0.4, 0.5) is 0 Å². The lowest BCUT2D eigenvalue weighted by Crippen LogP contribution is -2.49. The fraction of sp³-hybridized carbons (Fsp3) is 0.500. The minimum absolute atomic E-state index is 0.0433. The van der Waals surface area contributed by atoms with Crippen LogP contribution < -0.4 is 4.74 Å². The van der Waals surface area contributed by atoms with Crippen LogP contribution in [0.3, 0.4) is 0 Å². The van der Waals surface area contributed by atoms with Gasteiger partial charge in [-0.3, -0.25) is 14.7 Å². The molecule has 0 bridgehead atoms. The third-order valence-corrected chi connectivity index (χ3v) is 5.82. The molecular weight excluding hydrogens is 416 g/mol. The minimum Gasteiger partial charge on any atom is -0.472 e. The van der Waals surface area contributed by atoms with Crippen LogP contribution >= 0.6 is 0 Å². The largest absolute Gasteiger partial charge is 0.472 e. The Bertz CT molecular complexity index is 986. The second-order valence-corrected chi connectivity index (χ2v) is 8.80. The summed E-state index contributed by atoms with van der Waals surface area (Å²) in [7, 11) is 2.05. The van der Waals surface area contributed by atoms with Crippen LogP contribution in [-0.4, -0.2) is 69.7 Å². The highest BCUT2D eigenvalue weighted by Gasteiger charge is 2.34. The number of aliphatic hydroxyl groups is 1. The summed E-state index contributed by atoms with van der Waals surface area (Å²) < 4.78 is 6.35. The van der Waals surface area contributed by atoms with Gasteiger partial charge >= 0.3 is 0 Å². The summed E-state index contributed by atoms with van der Waals surface area (Å²) in [6.45, 7) is 7.81. The van der Waals surface area contributed by atoms with Crippen LogP contribution in [0.1, 0.15) is 55.1 Å². The van der Waals surface area contributed by atoms with Crippen molar-refractivity contribution in [1.82, 2.24) is 19.8 Å². The van der Waals surface area contributed by atoms with Gasteiger partial charge in [0.05, 0.1) is 12.6 Å². The number of ether oxygens (including phenoxy) is 1. The number of hydrogen-bond donors (Lipinski definition) is 1. The van der Waals surface area contributed by atoms with Crippen LogP contribution in [-0.2, 0) is 6.54 Å². The molecule has 0 saturated carbocycles. The highest BCUT2D eigenvalue weighted by atomic mass is 16.5. The number of unbranched alkanes of at least 4 members (excludes halogenated alkanes) is 1. The lowest BCUT2D eigenvalue weighted by molar-refractivity contribution is 0.0325. The SMILES string of the molecule is CCCC#Cc1cnc2c(c1)C(=O)N([C@H](C)CO)C[C@@H](C)[C@H](CN(C)Cc1ccncc1)O2. The quantitative estimate of drug-likeness (QED) is 0.654. The molecule has 0 saturated heterocycles. The number of pyridine rings is 2. The summed E-state index contributed by atoms with van der Waals surface area (Å²) in [6, 6.07) is 5.45. The van der Waals surface area contributed by atoms with Gasteiger partial charge in [0.2, 0.25) is 5.88 Å². The summed E-state index contributed by atoms with van der Waals surface area (Å²) in [5, 5.41) is 9.80. The molecule has 1 aliphatic heterocycles. The van der Waals surface area contributed by atoms with E-state index >= 15 is 0 Å². The zero-order valence-electron chi connectivity index (χ0n) is 20.0. The molecule has 7 heteroatoms. The summed E-state index contributed by atoms with van der Waals surface area (Å²) in [4.78, 5) is 25.9. The van der Waals surface area contributed by atoms with Gasteiger partial charge in [0.15, 0.2) is 0 Å². The zero-order chi connectivity index (χ0) is 23.8. The Balaban J connectivity index is 1.89. The molecule has 0 spiro atoms. The molecule has 2 aromatic heterocycles. The number of aliphatic hydroxyl groups excluding tert-OH is 1. The van der Waals surface area contributed by atoms with E-state index in [2.05, 4.69) is 47.6 Å². The summed E-state index contributed by atoms with van der Waals surface area (Å²) in [5.41, 5.74) is 2.26. The van der Waals surface area contributed by atoms with Crippen molar-refractivity contribution < 1.29 is 14.6 Å². The van der Waals surface area contributed by atoms with E-state index in [1.807, 2.05) is 19.1 Å². The number of carbonyl (C=O) groups excluding carboxylic acids is 1. The van der Waals surface area contributed by atoms with Crippen molar-refractivity contribution in [2.45, 2.75) is 52.3 Å². The van der Waals surface area contributed by atoms with E-state index in [1.165, 1.54) is 5.56 Å². The number of aromatic nitrogens is 2. The van der Waals surface area contributed by atoms with Crippen molar-refractivity contribution in [3.8, 4) is 17.7 Å². The van der Waals surface area contributed by atoms with Crippen molar-refractivity contribution in [3.63, 3.8) is 0 Å². The fourth-order valence-corrected chi connectivity index (χ4v) is 3.85. The van der Waals surface area contributed by atoms with Crippen LogP contribution in [0.5, 0.6) is 5.88 Å². The molecule has 1 amide bonds. The maximum atomic E-state index is 13.4. The maximum absolute atomic E-state index is 13.4. The van der Waals surface area contributed by atoms with Crippen molar-refractivity contribution in [1.29, 1.82) is 0 Å². The van der Waals surface area contributed by atoms with Crippen LogP contribution in [0, 0.1) is 17.8 Å². The third-order valence-electron chi connectivity index (χ3n) is 5.82. The molecule has 0 unspecified atom stereocenters. The molecule has 3 atom stereocenters. The number of nitrogens with zero attached hydrogens (tertiary/aromatic N) is 4. The van der Waals surface area contributed by atoms with Gasteiger partial charge in [-0.1, -0.05) is 25.7 Å². The lowest BCUT2D eigenvalue weighted by Gasteiger charge is -2.37. The lowest BCUT2D eigenvalue weighted by atomic mass is 9.99. The zero-order valence-corrected chi connectivity index (χ0v) is 20.0. The summed E-state index contributed by atoms with van der Waals surface area (Å²) >= 11 is 0. The van der Waals surface area contributed by atoms with Crippen LogP contribution in [0.2, 0.25) is 0 Å². The first-order valence-electron chi connectivity index (χ1n) is 11.6. The Morgan fingerprint density at radius 2 is 2.12 bits per heavy atom. The van der Waals surface area contributed by atoms with E-state index in [0.717, 1.165) is 19.4 Å². The Labute approximate surface area is 196 Å². The fourth-order valence-electron chi connectivity index (χ4n) is 3.85. The topological polar surface area (TPSA) is 78.8 Å². The van der Waals surface area contributed by atoms with E-state index < -0.39 is 0 Å². The second kappa shape index (κ2) is 11.8. The number of fused-ring (bicyclic) bond motifs is 1. The molecule has 0 radical (unpaired) electrons. The molecule has 3 heterocycles. The molecule has 2 aromatic rings.